The minimum absolute atomic E-state index is 0.0144. The molecule has 2 N–H and O–H groups in total. The molecule has 4 aromatic rings. The minimum atomic E-state index is -0.360. The Balaban J connectivity index is 1.64. The molecule has 1 aromatic heterocycles. The molecule has 29 heavy (non-hydrogen) atoms. The van der Waals surface area contributed by atoms with Gasteiger partial charge in [0, 0.05) is 26.6 Å². The Morgan fingerprint density at radius 1 is 0.897 bits per heavy atom. The van der Waals surface area contributed by atoms with Crippen LogP contribution in [-0.2, 0) is 0 Å². The quantitative estimate of drug-likeness (QED) is 0.395. The van der Waals surface area contributed by atoms with Crippen LogP contribution >= 0.6 is 23.2 Å². The van der Waals surface area contributed by atoms with Gasteiger partial charge in [-0.05, 0) is 54.4 Å². The van der Waals surface area contributed by atoms with E-state index < -0.39 is 0 Å². The van der Waals surface area contributed by atoms with Crippen molar-refractivity contribution < 1.29 is 9.59 Å². The summed E-state index contributed by atoms with van der Waals surface area (Å²) in [6.45, 7) is 1.54. The van der Waals surface area contributed by atoms with Gasteiger partial charge in [0.15, 0.2) is 11.6 Å². The SMILES string of the molecule is CC(=O)c1cccc(-c2ccc3c(NC(=O)c4cc(Cl)cc(Cl)c4)n[nH]c3c2)c1. The summed E-state index contributed by atoms with van der Waals surface area (Å²) in [7, 11) is 0. The number of nitrogens with one attached hydrogen (secondary N) is 2. The molecule has 0 aliphatic rings. The second-order valence-corrected chi connectivity index (χ2v) is 7.45. The van der Waals surface area contributed by atoms with Crippen molar-refractivity contribution in [3.05, 3.63) is 81.8 Å². The van der Waals surface area contributed by atoms with E-state index in [0.29, 0.717) is 27.0 Å². The zero-order valence-corrected chi connectivity index (χ0v) is 16.8. The summed E-state index contributed by atoms with van der Waals surface area (Å²) < 4.78 is 0. The molecule has 0 aliphatic heterocycles. The second kappa shape index (κ2) is 7.70. The molecule has 0 radical (unpaired) electrons. The first-order chi connectivity index (χ1) is 13.9. The lowest BCUT2D eigenvalue weighted by Crippen LogP contribution is -2.12. The second-order valence-electron chi connectivity index (χ2n) is 6.58. The molecular formula is C22H15Cl2N3O2. The van der Waals surface area contributed by atoms with Crippen LogP contribution < -0.4 is 5.32 Å². The molecule has 4 rings (SSSR count). The Morgan fingerprint density at radius 3 is 2.34 bits per heavy atom. The van der Waals surface area contributed by atoms with Crippen molar-refractivity contribution in [2.45, 2.75) is 6.92 Å². The van der Waals surface area contributed by atoms with Gasteiger partial charge in [-0.3, -0.25) is 14.7 Å². The van der Waals surface area contributed by atoms with Crippen LogP contribution in [0.15, 0.2) is 60.7 Å². The van der Waals surface area contributed by atoms with Crippen molar-refractivity contribution in [1.82, 2.24) is 10.2 Å². The normalized spacial score (nSPS) is 10.9. The number of anilines is 1. The Kier molecular flexibility index (Phi) is 5.09. The lowest BCUT2D eigenvalue weighted by Gasteiger charge is -2.06. The Hall–Kier alpha value is -3.15. The maximum absolute atomic E-state index is 12.5. The van der Waals surface area contributed by atoms with Gasteiger partial charge in [-0.15, -0.1) is 0 Å². The minimum Gasteiger partial charge on any atom is -0.305 e. The fourth-order valence-electron chi connectivity index (χ4n) is 3.08. The Bertz CT molecular complexity index is 1240. The number of amides is 1. The average molecular weight is 424 g/mol. The highest BCUT2D eigenvalue weighted by molar-refractivity contribution is 6.35. The van der Waals surface area contributed by atoms with Crippen molar-refractivity contribution in [3.8, 4) is 11.1 Å². The van der Waals surface area contributed by atoms with Crippen LogP contribution in [0.25, 0.3) is 22.0 Å². The van der Waals surface area contributed by atoms with E-state index >= 15 is 0 Å². The van der Waals surface area contributed by atoms with Gasteiger partial charge in [0.05, 0.1) is 5.52 Å². The van der Waals surface area contributed by atoms with Crippen molar-refractivity contribution in [2.75, 3.05) is 5.32 Å². The van der Waals surface area contributed by atoms with Gasteiger partial charge in [0.1, 0.15) is 0 Å². The molecule has 7 heteroatoms. The van der Waals surface area contributed by atoms with Crippen LogP contribution in [-0.4, -0.2) is 21.9 Å². The number of aromatic nitrogens is 2. The number of Topliss-reactive ketones (excluding diaryl/α,β-unsaturated/α-hetero) is 1. The third kappa shape index (κ3) is 4.01. The van der Waals surface area contributed by atoms with Gasteiger partial charge in [-0.25, -0.2) is 0 Å². The molecule has 0 fully saturated rings. The largest absolute Gasteiger partial charge is 0.305 e. The van der Waals surface area contributed by atoms with Gasteiger partial charge < -0.3 is 5.32 Å². The van der Waals surface area contributed by atoms with Gasteiger partial charge >= 0.3 is 0 Å². The van der Waals surface area contributed by atoms with E-state index in [1.54, 1.807) is 19.1 Å². The van der Waals surface area contributed by atoms with Crippen LogP contribution in [0.3, 0.4) is 0 Å². The monoisotopic (exact) mass is 423 g/mol. The smallest absolute Gasteiger partial charge is 0.256 e. The van der Waals surface area contributed by atoms with Crippen LogP contribution in [0.2, 0.25) is 10.0 Å². The summed E-state index contributed by atoms with van der Waals surface area (Å²) >= 11 is 11.9. The molecule has 3 aromatic carbocycles. The zero-order chi connectivity index (χ0) is 20.5. The van der Waals surface area contributed by atoms with E-state index in [-0.39, 0.29) is 11.7 Å². The van der Waals surface area contributed by atoms with Crippen molar-refractivity contribution in [2.24, 2.45) is 0 Å². The third-order valence-corrected chi connectivity index (χ3v) is 4.96. The molecule has 144 valence electrons. The zero-order valence-electron chi connectivity index (χ0n) is 15.3. The molecule has 0 saturated heterocycles. The lowest BCUT2D eigenvalue weighted by molar-refractivity contribution is 0.101. The van der Waals surface area contributed by atoms with Gasteiger partial charge in [-0.2, -0.15) is 5.10 Å². The molecule has 0 unspecified atom stereocenters. The van der Waals surface area contributed by atoms with Crippen LogP contribution in [0.4, 0.5) is 5.82 Å². The molecule has 0 saturated carbocycles. The molecule has 1 amide bonds. The van der Waals surface area contributed by atoms with Gasteiger partial charge in [-0.1, -0.05) is 47.5 Å². The number of carbonyl (C=O) groups is 2. The molecule has 5 nitrogen and oxygen atoms in total. The highest BCUT2D eigenvalue weighted by Gasteiger charge is 2.13. The number of benzene rings is 3. The van der Waals surface area contributed by atoms with Crippen molar-refractivity contribution in [1.29, 1.82) is 0 Å². The summed E-state index contributed by atoms with van der Waals surface area (Å²) in [5.74, 6) is 0.0618. The number of nitrogens with zero attached hydrogens (tertiary/aromatic N) is 1. The van der Waals surface area contributed by atoms with E-state index in [1.165, 1.54) is 12.1 Å². The highest BCUT2D eigenvalue weighted by atomic mass is 35.5. The molecule has 1 heterocycles. The summed E-state index contributed by atoms with van der Waals surface area (Å²) in [4.78, 5) is 24.2. The number of carbonyl (C=O) groups excluding carboxylic acids is 2. The maximum atomic E-state index is 12.5. The molecule has 0 aliphatic carbocycles. The fourth-order valence-corrected chi connectivity index (χ4v) is 3.60. The van der Waals surface area contributed by atoms with Gasteiger partial charge in [0.2, 0.25) is 0 Å². The summed E-state index contributed by atoms with van der Waals surface area (Å²) in [6.07, 6.45) is 0. The number of hydrogen-bond acceptors (Lipinski definition) is 3. The van der Waals surface area contributed by atoms with Crippen LogP contribution in [0, 0.1) is 0 Å². The first-order valence-electron chi connectivity index (χ1n) is 8.77. The number of hydrogen-bond donors (Lipinski definition) is 2. The number of ketones is 1. The standard InChI is InChI=1S/C22H15Cl2N3O2/c1-12(28)13-3-2-4-14(7-13)15-5-6-19-20(10-15)26-27-21(19)25-22(29)16-8-17(23)11-18(24)9-16/h2-11H,1H3,(H2,25,26,27,29). The van der Waals surface area contributed by atoms with Crippen LogP contribution in [0.1, 0.15) is 27.6 Å². The average Bonchev–Trinajstić information content (AvgIpc) is 3.09. The summed E-state index contributed by atoms with van der Waals surface area (Å²) in [6, 6.07) is 17.8. The molecule has 0 spiro atoms. The number of H-pyrrole nitrogens is 1. The number of aromatic amines is 1. The summed E-state index contributed by atoms with van der Waals surface area (Å²) in [5, 5.41) is 11.4. The predicted molar refractivity (Wildman–Crippen MR) is 116 cm³/mol. The number of rotatable bonds is 4. The maximum Gasteiger partial charge on any atom is 0.256 e. The predicted octanol–water partition coefficient (Wildman–Crippen LogP) is 5.99. The molecular weight excluding hydrogens is 409 g/mol. The Labute approximate surface area is 176 Å². The van der Waals surface area contributed by atoms with E-state index in [0.717, 1.165) is 22.0 Å². The van der Waals surface area contributed by atoms with Crippen LogP contribution in [0.5, 0.6) is 0 Å². The van der Waals surface area contributed by atoms with E-state index in [9.17, 15) is 9.59 Å². The number of fused-ring (bicyclic) bond motifs is 1. The lowest BCUT2D eigenvalue weighted by atomic mass is 10.0. The first kappa shape index (κ1) is 19.2. The highest BCUT2D eigenvalue weighted by Crippen LogP contribution is 2.28. The third-order valence-electron chi connectivity index (χ3n) is 4.52. The summed E-state index contributed by atoms with van der Waals surface area (Å²) in [5.41, 5.74) is 3.61. The number of halogens is 2. The van der Waals surface area contributed by atoms with E-state index in [4.69, 9.17) is 23.2 Å². The molecule has 0 bridgehead atoms. The van der Waals surface area contributed by atoms with Crippen molar-refractivity contribution >= 4 is 51.6 Å². The van der Waals surface area contributed by atoms with E-state index in [1.807, 2.05) is 36.4 Å². The fraction of sp³-hybridized carbons (Fsp3) is 0.0455. The topological polar surface area (TPSA) is 74.8 Å². The van der Waals surface area contributed by atoms with Crippen molar-refractivity contribution in [3.63, 3.8) is 0 Å². The molecule has 0 atom stereocenters. The van der Waals surface area contributed by atoms with Gasteiger partial charge in [0.25, 0.3) is 5.91 Å². The Morgan fingerprint density at radius 2 is 1.62 bits per heavy atom. The van der Waals surface area contributed by atoms with E-state index in [2.05, 4.69) is 15.5 Å². The first-order valence-corrected chi connectivity index (χ1v) is 9.53.